The number of unbranched alkanes of at least 4 members (excludes halogenated alkanes) is 10. The van der Waals surface area contributed by atoms with Crippen molar-refractivity contribution in [2.24, 2.45) is 5.41 Å². The molecule has 0 spiro atoms. The maximum absolute atomic E-state index is 12.1. The topological polar surface area (TPSA) is 54.4 Å². The molecule has 4 heteroatoms. The van der Waals surface area contributed by atoms with Crippen molar-refractivity contribution in [1.82, 2.24) is 0 Å². The van der Waals surface area contributed by atoms with Gasteiger partial charge in [-0.2, -0.15) is 0 Å². The second-order valence-corrected chi connectivity index (χ2v) is 6.98. The number of carboxylic acids is 1. The van der Waals surface area contributed by atoms with Crippen LogP contribution in [0, 0.1) is 5.41 Å². The number of aliphatic carboxylic acids is 1. The van der Waals surface area contributed by atoms with Crippen LogP contribution in [0.4, 0.5) is 0 Å². The molecule has 0 amide bonds. The summed E-state index contributed by atoms with van der Waals surface area (Å²) >= 11 is 0. The molecule has 0 rings (SSSR count). The van der Waals surface area contributed by atoms with Gasteiger partial charge < -0.3 is 5.11 Å². The van der Waals surface area contributed by atoms with Crippen LogP contribution in [0.5, 0.6) is 0 Å². The third-order valence-corrected chi connectivity index (χ3v) is 5.00. The van der Waals surface area contributed by atoms with Crippen LogP contribution < -0.4 is 0 Å². The third kappa shape index (κ3) is 10.6. The van der Waals surface area contributed by atoms with Crippen LogP contribution in [-0.2, 0) is 29.1 Å². The number of rotatable bonds is 16. The Kier molecular flexibility index (Phi) is 17.6. The van der Waals surface area contributed by atoms with E-state index in [1.807, 2.05) is 0 Å². The van der Waals surface area contributed by atoms with Crippen molar-refractivity contribution in [2.75, 3.05) is 0 Å². The average Bonchev–Trinajstić information content (AvgIpc) is 2.51. The molecule has 0 aliphatic carbocycles. The van der Waals surface area contributed by atoms with E-state index in [0.29, 0.717) is 12.8 Å². The molecule has 3 nitrogen and oxygen atoms in total. The van der Waals surface area contributed by atoms with Gasteiger partial charge >= 0.3 is 5.97 Å². The molecule has 0 atom stereocenters. The van der Waals surface area contributed by atoms with Crippen LogP contribution in [-0.4, -0.2) is 16.9 Å². The van der Waals surface area contributed by atoms with Gasteiger partial charge in [0.25, 0.3) is 0 Å². The second kappa shape index (κ2) is 16.2. The number of carbonyl (C=O) groups excluding carboxylic acids is 1. The van der Waals surface area contributed by atoms with Crippen molar-refractivity contribution in [3.8, 4) is 0 Å². The van der Waals surface area contributed by atoms with Crippen molar-refractivity contribution in [3.63, 3.8) is 0 Å². The molecular weight excluding hydrogens is 354 g/mol. The molecule has 0 heterocycles. The van der Waals surface area contributed by atoms with Crippen molar-refractivity contribution >= 4 is 11.8 Å². The van der Waals surface area contributed by atoms with Crippen LogP contribution >= 0.6 is 0 Å². The first-order valence-electron chi connectivity index (χ1n) is 9.75. The van der Waals surface area contributed by atoms with E-state index >= 15 is 0 Å². The number of ketones is 1. The standard InChI is InChI=1S/C20H38O3.Zn/c1-4-6-8-10-12-14-16-20(18(3)21,19(22)23)17-15-13-11-9-7-5-2;/h4-17H2,1-3H3,(H,22,23);. The number of Topliss-reactive ketones (excluding diaryl/α,β-unsaturated/α-hetero) is 1. The van der Waals surface area contributed by atoms with Crippen molar-refractivity contribution in [1.29, 1.82) is 0 Å². The molecule has 0 fully saturated rings. The summed E-state index contributed by atoms with van der Waals surface area (Å²) in [6, 6.07) is 0. The van der Waals surface area contributed by atoms with Gasteiger partial charge in [-0.3, -0.25) is 9.59 Å². The Labute approximate surface area is 162 Å². The molecule has 0 saturated heterocycles. The van der Waals surface area contributed by atoms with Crippen molar-refractivity contribution < 1.29 is 34.2 Å². The number of carbonyl (C=O) groups is 2. The molecule has 0 aromatic heterocycles. The molecular formula is C20H38O3Zn. The minimum absolute atomic E-state index is 0. The number of carboxylic acid groups (broad SMARTS) is 1. The van der Waals surface area contributed by atoms with E-state index in [1.54, 1.807) is 0 Å². The van der Waals surface area contributed by atoms with Gasteiger partial charge in [-0.25, -0.2) is 0 Å². The summed E-state index contributed by atoms with van der Waals surface area (Å²) in [6.45, 7) is 5.83. The fourth-order valence-electron chi connectivity index (χ4n) is 3.26. The minimum atomic E-state index is -1.13. The molecule has 138 valence electrons. The van der Waals surface area contributed by atoms with Crippen LogP contribution in [0.1, 0.15) is 111 Å². The van der Waals surface area contributed by atoms with E-state index < -0.39 is 11.4 Å². The van der Waals surface area contributed by atoms with Gasteiger partial charge in [-0.1, -0.05) is 90.9 Å². The summed E-state index contributed by atoms with van der Waals surface area (Å²) in [5.74, 6) is -1.07. The molecule has 0 aromatic carbocycles. The zero-order valence-corrected chi connectivity index (χ0v) is 19.3. The largest absolute Gasteiger partial charge is 0.480 e. The summed E-state index contributed by atoms with van der Waals surface area (Å²) in [5.41, 5.74) is -1.13. The van der Waals surface area contributed by atoms with E-state index in [1.165, 1.54) is 45.4 Å². The van der Waals surface area contributed by atoms with Crippen LogP contribution in [0.3, 0.4) is 0 Å². The Morgan fingerprint density at radius 3 is 1.33 bits per heavy atom. The van der Waals surface area contributed by atoms with Gasteiger partial charge in [0, 0.05) is 19.5 Å². The maximum atomic E-state index is 12.1. The molecule has 0 unspecified atom stereocenters. The molecule has 0 bridgehead atoms. The first-order valence-corrected chi connectivity index (χ1v) is 9.75. The predicted octanol–water partition coefficient (Wildman–Crippen LogP) is 6.15. The molecule has 0 aromatic rings. The maximum Gasteiger partial charge on any atom is 0.317 e. The van der Waals surface area contributed by atoms with E-state index in [0.717, 1.165) is 38.5 Å². The van der Waals surface area contributed by atoms with Crippen molar-refractivity contribution in [2.45, 2.75) is 111 Å². The monoisotopic (exact) mass is 390 g/mol. The Bertz CT molecular complexity index is 297. The fourth-order valence-corrected chi connectivity index (χ4v) is 3.26. The van der Waals surface area contributed by atoms with E-state index in [9.17, 15) is 14.7 Å². The Morgan fingerprint density at radius 1 is 0.708 bits per heavy atom. The molecule has 1 N–H and O–H groups in total. The summed E-state index contributed by atoms with van der Waals surface area (Å²) in [5, 5.41) is 9.65. The summed E-state index contributed by atoms with van der Waals surface area (Å²) in [6.07, 6.45) is 14.5. The van der Waals surface area contributed by atoms with E-state index in [4.69, 9.17) is 0 Å². The molecule has 0 aliphatic rings. The molecule has 0 saturated carbocycles. The molecule has 24 heavy (non-hydrogen) atoms. The molecule has 0 aliphatic heterocycles. The number of hydrogen-bond acceptors (Lipinski definition) is 2. The van der Waals surface area contributed by atoms with Gasteiger partial charge in [-0.05, 0) is 19.8 Å². The van der Waals surface area contributed by atoms with Gasteiger partial charge in [0.05, 0.1) is 0 Å². The van der Waals surface area contributed by atoms with Gasteiger partial charge in [0.1, 0.15) is 11.2 Å². The first kappa shape index (κ1) is 26.0. The van der Waals surface area contributed by atoms with Gasteiger partial charge in [-0.15, -0.1) is 0 Å². The SMILES string of the molecule is CCCCCCCCC(CCCCCCCC)(C(C)=O)C(=O)O.[Zn]. The second-order valence-electron chi connectivity index (χ2n) is 6.98. The smallest absolute Gasteiger partial charge is 0.317 e. The Balaban J connectivity index is 0. The van der Waals surface area contributed by atoms with E-state index in [-0.39, 0.29) is 25.3 Å². The Hall–Kier alpha value is -0.237. The van der Waals surface area contributed by atoms with Gasteiger partial charge in [0.2, 0.25) is 0 Å². The fraction of sp³-hybridized carbons (Fsp3) is 0.900. The average molecular weight is 392 g/mol. The zero-order chi connectivity index (χ0) is 17.6. The van der Waals surface area contributed by atoms with Crippen LogP contribution in [0.25, 0.3) is 0 Å². The Morgan fingerprint density at radius 2 is 1.04 bits per heavy atom. The third-order valence-electron chi connectivity index (χ3n) is 5.00. The van der Waals surface area contributed by atoms with Gasteiger partial charge in [0.15, 0.2) is 0 Å². The summed E-state index contributed by atoms with van der Waals surface area (Å²) in [4.78, 5) is 23.8. The van der Waals surface area contributed by atoms with Crippen LogP contribution in [0.2, 0.25) is 0 Å². The van der Waals surface area contributed by atoms with E-state index in [2.05, 4.69) is 13.8 Å². The van der Waals surface area contributed by atoms with Crippen molar-refractivity contribution in [3.05, 3.63) is 0 Å². The normalized spacial score (nSPS) is 11.1. The minimum Gasteiger partial charge on any atom is -0.480 e. The number of hydrogen-bond donors (Lipinski definition) is 1. The quantitative estimate of drug-likeness (QED) is 0.195. The zero-order valence-electron chi connectivity index (χ0n) is 16.4. The first-order chi connectivity index (χ1) is 11.0. The van der Waals surface area contributed by atoms with Crippen LogP contribution in [0.15, 0.2) is 0 Å². The summed E-state index contributed by atoms with van der Waals surface area (Å²) < 4.78 is 0. The molecule has 0 radical (unpaired) electrons. The predicted molar refractivity (Wildman–Crippen MR) is 96.7 cm³/mol. The summed E-state index contributed by atoms with van der Waals surface area (Å²) in [7, 11) is 0.